The van der Waals surface area contributed by atoms with Crippen LogP contribution in [0.3, 0.4) is 0 Å². The van der Waals surface area contributed by atoms with Crippen molar-refractivity contribution >= 4 is 5.82 Å². The van der Waals surface area contributed by atoms with Gasteiger partial charge < -0.3 is 15.5 Å². The maximum atomic E-state index is 5.55. The van der Waals surface area contributed by atoms with Crippen molar-refractivity contribution < 1.29 is 0 Å². The quantitative estimate of drug-likeness (QED) is 0.861. The highest BCUT2D eigenvalue weighted by Crippen LogP contribution is 2.18. The van der Waals surface area contributed by atoms with E-state index < -0.39 is 0 Å². The third-order valence-corrected chi connectivity index (χ3v) is 3.57. The molecule has 0 aromatic carbocycles. The van der Waals surface area contributed by atoms with Gasteiger partial charge in [-0.3, -0.25) is 4.98 Å². The Morgan fingerprint density at radius 3 is 2.78 bits per heavy atom. The summed E-state index contributed by atoms with van der Waals surface area (Å²) < 4.78 is 0. The minimum absolute atomic E-state index is 0.452. The highest BCUT2D eigenvalue weighted by molar-refractivity contribution is 5.37. The summed E-state index contributed by atoms with van der Waals surface area (Å²) >= 11 is 0. The van der Waals surface area contributed by atoms with Crippen LogP contribution < -0.4 is 10.6 Å². The van der Waals surface area contributed by atoms with Gasteiger partial charge in [0.2, 0.25) is 0 Å². The van der Waals surface area contributed by atoms with Crippen molar-refractivity contribution in [3.05, 3.63) is 18.1 Å². The normalized spacial score (nSPS) is 21.9. The number of anilines is 1. The standard InChI is InChI=1S/C13H23N5/c1-3-12-10-17(2)5-4-6-18(12)13-9-15-11(7-14)8-16-13/h8-9,12H,3-7,10,14H2,1-2H3. The number of nitrogens with two attached hydrogens (primary N) is 1. The second-order valence-electron chi connectivity index (χ2n) is 4.94. The van der Waals surface area contributed by atoms with Crippen LogP contribution in [0.25, 0.3) is 0 Å². The lowest BCUT2D eigenvalue weighted by Crippen LogP contribution is -2.40. The van der Waals surface area contributed by atoms with Crippen molar-refractivity contribution in [3.63, 3.8) is 0 Å². The summed E-state index contributed by atoms with van der Waals surface area (Å²) in [4.78, 5) is 13.6. The summed E-state index contributed by atoms with van der Waals surface area (Å²) in [5.41, 5.74) is 6.40. The Morgan fingerprint density at radius 1 is 1.33 bits per heavy atom. The van der Waals surface area contributed by atoms with Crippen LogP contribution in [0.2, 0.25) is 0 Å². The fourth-order valence-corrected chi connectivity index (χ4v) is 2.50. The van der Waals surface area contributed by atoms with Crippen molar-refractivity contribution in [2.45, 2.75) is 32.4 Å². The Morgan fingerprint density at radius 2 is 2.17 bits per heavy atom. The molecule has 2 heterocycles. The second kappa shape index (κ2) is 6.11. The molecule has 0 amide bonds. The van der Waals surface area contributed by atoms with Crippen LogP contribution in [0.4, 0.5) is 5.82 Å². The first-order valence-electron chi connectivity index (χ1n) is 6.70. The lowest BCUT2D eigenvalue weighted by molar-refractivity contribution is 0.327. The molecule has 2 N–H and O–H groups in total. The molecule has 1 aliphatic heterocycles. The molecule has 5 nitrogen and oxygen atoms in total. The molecule has 1 aliphatic rings. The van der Waals surface area contributed by atoms with E-state index in [-0.39, 0.29) is 0 Å². The number of hydrogen-bond donors (Lipinski definition) is 1. The smallest absolute Gasteiger partial charge is 0.147 e. The number of likely N-dealkylation sites (N-methyl/N-ethyl adjacent to an activating group) is 1. The Balaban J connectivity index is 2.17. The first-order valence-corrected chi connectivity index (χ1v) is 6.70. The van der Waals surface area contributed by atoms with Crippen LogP contribution in [0.5, 0.6) is 0 Å². The fourth-order valence-electron chi connectivity index (χ4n) is 2.50. The Labute approximate surface area is 109 Å². The molecule has 1 aromatic rings. The van der Waals surface area contributed by atoms with Crippen molar-refractivity contribution in [1.29, 1.82) is 0 Å². The molecule has 0 aliphatic carbocycles. The van der Waals surface area contributed by atoms with E-state index in [0.29, 0.717) is 12.6 Å². The minimum atomic E-state index is 0.452. The van der Waals surface area contributed by atoms with Crippen molar-refractivity contribution in [1.82, 2.24) is 14.9 Å². The lowest BCUT2D eigenvalue weighted by Gasteiger charge is -2.30. The molecule has 1 unspecified atom stereocenters. The topological polar surface area (TPSA) is 58.3 Å². The maximum absolute atomic E-state index is 5.55. The monoisotopic (exact) mass is 249 g/mol. The number of aromatic nitrogens is 2. The zero-order valence-electron chi connectivity index (χ0n) is 11.3. The average molecular weight is 249 g/mol. The average Bonchev–Trinajstić information content (AvgIpc) is 2.60. The summed E-state index contributed by atoms with van der Waals surface area (Å²) in [6.45, 7) is 5.99. The second-order valence-corrected chi connectivity index (χ2v) is 4.94. The van der Waals surface area contributed by atoms with Gasteiger partial charge in [0.1, 0.15) is 5.82 Å². The van der Waals surface area contributed by atoms with Crippen molar-refractivity contribution in [2.75, 3.05) is 31.6 Å². The van der Waals surface area contributed by atoms with Gasteiger partial charge >= 0.3 is 0 Å². The molecule has 1 saturated heterocycles. The molecule has 2 rings (SSSR count). The molecule has 5 heteroatoms. The largest absolute Gasteiger partial charge is 0.351 e. The van der Waals surface area contributed by atoms with E-state index in [9.17, 15) is 0 Å². The first-order chi connectivity index (χ1) is 8.74. The van der Waals surface area contributed by atoms with E-state index in [2.05, 4.69) is 33.7 Å². The van der Waals surface area contributed by atoms with Crippen LogP contribution >= 0.6 is 0 Å². The van der Waals surface area contributed by atoms with Crippen LogP contribution in [0, 0.1) is 0 Å². The van der Waals surface area contributed by atoms with E-state index in [4.69, 9.17) is 5.73 Å². The molecule has 1 fully saturated rings. The molecule has 100 valence electrons. The van der Waals surface area contributed by atoms with Crippen LogP contribution in [-0.4, -0.2) is 47.6 Å². The Kier molecular flexibility index (Phi) is 4.49. The molecular formula is C13H23N5. The minimum Gasteiger partial charge on any atom is -0.351 e. The summed E-state index contributed by atoms with van der Waals surface area (Å²) in [7, 11) is 2.19. The van der Waals surface area contributed by atoms with Gasteiger partial charge in [0.05, 0.1) is 18.1 Å². The summed E-state index contributed by atoms with van der Waals surface area (Å²) in [6, 6.07) is 0.524. The van der Waals surface area contributed by atoms with E-state index >= 15 is 0 Å². The number of rotatable bonds is 3. The molecule has 1 aromatic heterocycles. The van der Waals surface area contributed by atoms with Crippen LogP contribution in [-0.2, 0) is 6.54 Å². The van der Waals surface area contributed by atoms with Crippen LogP contribution in [0.1, 0.15) is 25.5 Å². The van der Waals surface area contributed by atoms with E-state index in [0.717, 1.165) is 37.6 Å². The number of nitrogens with zero attached hydrogens (tertiary/aromatic N) is 4. The lowest BCUT2D eigenvalue weighted by atomic mass is 10.2. The van der Waals surface area contributed by atoms with Gasteiger partial charge in [0.15, 0.2) is 0 Å². The molecule has 0 radical (unpaired) electrons. The zero-order valence-corrected chi connectivity index (χ0v) is 11.3. The predicted octanol–water partition coefficient (Wildman–Crippen LogP) is 0.856. The van der Waals surface area contributed by atoms with Crippen molar-refractivity contribution in [2.24, 2.45) is 5.73 Å². The third-order valence-electron chi connectivity index (χ3n) is 3.57. The predicted molar refractivity (Wildman–Crippen MR) is 73.5 cm³/mol. The van der Waals surface area contributed by atoms with Crippen molar-refractivity contribution in [3.8, 4) is 0 Å². The SMILES string of the molecule is CCC1CN(C)CCCN1c1cnc(CN)cn1. The highest BCUT2D eigenvalue weighted by atomic mass is 15.3. The molecule has 1 atom stereocenters. The summed E-state index contributed by atoms with van der Waals surface area (Å²) in [6.07, 6.45) is 5.95. The van der Waals surface area contributed by atoms with E-state index in [1.165, 1.54) is 6.42 Å². The molecule has 0 saturated carbocycles. The fraction of sp³-hybridized carbons (Fsp3) is 0.692. The van der Waals surface area contributed by atoms with Gasteiger partial charge in [-0.25, -0.2) is 4.98 Å². The van der Waals surface area contributed by atoms with Crippen LogP contribution in [0.15, 0.2) is 12.4 Å². The van der Waals surface area contributed by atoms with Gasteiger partial charge in [0, 0.05) is 25.7 Å². The van der Waals surface area contributed by atoms with E-state index in [1.54, 1.807) is 6.20 Å². The zero-order chi connectivity index (χ0) is 13.0. The molecule has 0 spiro atoms. The van der Waals surface area contributed by atoms with Gasteiger partial charge in [-0.1, -0.05) is 6.92 Å². The molecule has 18 heavy (non-hydrogen) atoms. The molecule has 0 bridgehead atoms. The number of hydrogen-bond acceptors (Lipinski definition) is 5. The third kappa shape index (κ3) is 2.97. The van der Waals surface area contributed by atoms with Gasteiger partial charge in [-0.15, -0.1) is 0 Å². The Hall–Kier alpha value is -1.20. The van der Waals surface area contributed by atoms with E-state index in [1.807, 2.05) is 6.20 Å². The van der Waals surface area contributed by atoms with Gasteiger partial charge in [0.25, 0.3) is 0 Å². The first kappa shape index (κ1) is 13.2. The Bertz CT molecular complexity index is 364. The highest BCUT2D eigenvalue weighted by Gasteiger charge is 2.23. The maximum Gasteiger partial charge on any atom is 0.147 e. The van der Waals surface area contributed by atoms with Gasteiger partial charge in [-0.2, -0.15) is 0 Å². The summed E-state index contributed by atoms with van der Waals surface area (Å²) in [5, 5.41) is 0. The summed E-state index contributed by atoms with van der Waals surface area (Å²) in [5.74, 6) is 0.981. The molecular weight excluding hydrogens is 226 g/mol. The van der Waals surface area contributed by atoms with Gasteiger partial charge in [-0.05, 0) is 26.4 Å².